The molecule has 0 N–H and O–H groups in total. The van der Waals surface area contributed by atoms with Crippen molar-refractivity contribution in [3.8, 4) is 11.8 Å². The molecule has 0 bridgehead atoms. The van der Waals surface area contributed by atoms with Gasteiger partial charge in [0.15, 0.2) is 0 Å². The molecular formula is C16H18. The third-order valence-electron chi connectivity index (χ3n) is 2.59. The van der Waals surface area contributed by atoms with Crippen LogP contribution in [-0.4, -0.2) is 0 Å². The highest BCUT2D eigenvalue weighted by Crippen LogP contribution is 2.23. The van der Waals surface area contributed by atoms with E-state index >= 15 is 0 Å². The van der Waals surface area contributed by atoms with Gasteiger partial charge in [-0.05, 0) is 51.5 Å². The van der Waals surface area contributed by atoms with E-state index in [9.17, 15) is 0 Å². The minimum atomic E-state index is -0.123. The Morgan fingerprint density at radius 3 is 2.38 bits per heavy atom. The molecule has 0 unspecified atom stereocenters. The Morgan fingerprint density at radius 2 is 1.81 bits per heavy atom. The summed E-state index contributed by atoms with van der Waals surface area (Å²) in [4.78, 5) is 0. The zero-order valence-electron chi connectivity index (χ0n) is 10.5. The van der Waals surface area contributed by atoms with E-state index in [0.29, 0.717) is 0 Å². The first-order valence-electron chi connectivity index (χ1n) is 5.53. The summed E-state index contributed by atoms with van der Waals surface area (Å²) in [5.41, 5.74) is 5.31. The molecule has 0 spiro atoms. The van der Waals surface area contributed by atoms with E-state index in [4.69, 9.17) is 0 Å². The lowest BCUT2D eigenvalue weighted by Crippen LogP contribution is -2.08. The largest absolute Gasteiger partial charge is 0.125 e. The maximum absolute atomic E-state index is 3.29. The molecule has 0 aliphatic carbocycles. The molecule has 0 radical (unpaired) electrons. The van der Waals surface area contributed by atoms with E-state index in [-0.39, 0.29) is 5.41 Å². The third kappa shape index (κ3) is 3.46. The van der Waals surface area contributed by atoms with Crippen molar-refractivity contribution in [3.05, 3.63) is 53.3 Å². The molecule has 1 aromatic carbocycles. The monoisotopic (exact) mass is 210 g/mol. The normalized spacial score (nSPS) is 9.75. The maximum Gasteiger partial charge on any atom is 0.0541 e. The van der Waals surface area contributed by atoms with Crippen molar-refractivity contribution in [2.45, 2.75) is 27.7 Å². The van der Waals surface area contributed by atoms with E-state index in [1.165, 1.54) is 5.57 Å². The van der Waals surface area contributed by atoms with Crippen molar-refractivity contribution in [2.24, 2.45) is 5.41 Å². The van der Waals surface area contributed by atoms with Gasteiger partial charge in [-0.1, -0.05) is 30.0 Å². The second kappa shape index (κ2) is 5.40. The van der Waals surface area contributed by atoms with Gasteiger partial charge in [0.05, 0.1) is 5.41 Å². The van der Waals surface area contributed by atoms with E-state index in [1.54, 1.807) is 0 Å². The highest BCUT2D eigenvalue weighted by Gasteiger charge is 2.15. The van der Waals surface area contributed by atoms with Crippen molar-refractivity contribution in [2.75, 3.05) is 0 Å². The fourth-order valence-electron chi connectivity index (χ4n) is 1.24. The SMILES string of the molecule is CC=C=C(C)C(C)(C)C#Cc1ccccc1. The molecule has 0 atom stereocenters. The minimum Gasteiger partial charge on any atom is -0.125 e. The Hall–Kier alpha value is -1.70. The molecule has 16 heavy (non-hydrogen) atoms. The summed E-state index contributed by atoms with van der Waals surface area (Å²) in [6.45, 7) is 8.29. The molecular weight excluding hydrogens is 192 g/mol. The minimum absolute atomic E-state index is 0.123. The predicted molar refractivity (Wildman–Crippen MR) is 70.0 cm³/mol. The summed E-state index contributed by atoms with van der Waals surface area (Å²) >= 11 is 0. The van der Waals surface area contributed by atoms with Crippen LogP contribution in [0.5, 0.6) is 0 Å². The van der Waals surface area contributed by atoms with Gasteiger partial charge < -0.3 is 0 Å². The Balaban J connectivity index is 2.98. The number of rotatable bonds is 1. The lowest BCUT2D eigenvalue weighted by atomic mass is 9.86. The van der Waals surface area contributed by atoms with Gasteiger partial charge in [0.1, 0.15) is 0 Å². The number of benzene rings is 1. The number of hydrogen-bond acceptors (Lipinski definition) is 0. The van der Waals surface area contributed by atoms with Crippen LogP contribution in [0.25, 0.3) is 0 Å². The smallest absolute Gasteiger partial charge is 0.0541 e. The van der Waals surface area contributed by atoms with Crippen molar-refractivity contribution in [1.29, 1.82) is 0 Å². The van der Waals surface area contributed by atoms with Crippen molar-refractivity contribution < 1.29 is 0 Å². The summed E-state index contributed by atoms with van der Waals surface area (Å²) in [7, 11) is 0. The third-order valence-corrected chi connectivity index (χ3v) is 2.59. The average Bonchev–Trinajstić information content (AvgIpc) is 2.28. The van der Waals surface area contributed by atoms with Crippen LogP contribution in [0, 0.1) is 17.3 Å². The Bertz CT molecular complexity index is 458. The van der Waals surface area contributed by atoms with Gasteiger partial charge in [0.2, 0.25) is 0 Å². The second-order valence-electron chi connectivity index (χ2n) is 4.30. The fraction of sp³-hybridized carbons (Fsp3) is 0.312. The van der Waals surface area contributed by atoms with Gasteiger partial charge >= 0.3 is 0 Å². The van der Waals surface area contributed by atoms with Gasteiger partial charge in [0.25, 0.3) is 0 Å². The molecule has 0 aliphatic rings. The summed E-state index contributed by atoms with van der Waals surface area (Å²) in [6, 6.07) is 10.1. The Morgan fingerprint density at radius 1 is 1.19 bits per heavy atom. The van der Waals surface area contributed by atoms with Gasteiger partial charge in [-0.25, -0.2) is 0 Å². The van der Waals surface area contributed by atoms with Crippen LogP contribution in [0.1, 0.15) is 33.3 Å². The number of allylic oxidation sites excluding steroid dienone is 1. The standard InChI is InChI=1S/C16H18/c1-5-9-14(2)16(3,4)13-12-15-10-7-6-8-11-15/h5-8,10-11H,1-4H3. The highest BCUT2D eigenvalue weighted by molar-refractivity contribution is 5.37. The van der Waals surface area contributed by atoms with Gasteiger partial charge in [-0.3, -0.25) is 0 Å². The fourth-order valence-corrected chi connectivity index (χ4v) is 1.24. The topological polar surface area (TPSA) is 0 Å². The highest BCUT2D eigenvalue weighted by atomic mass is 14.2. The quantitative estimate of drug-likeness (QED) is 0.481. The van der Waals surface area contributed by atoms with Crippen molar-refractivity contribution in [1.82, 2.24) is 0 Å². The molecule has 0 heteroatoms. The molecule has 0 heterocycles. The van der Waals surface area contributed by atoms with Crippen LogP contribution in [0.15, 0.2) is 47.7 Å². The van der Waals surface area contributed by atoms with Crippen LogP contribution in [0.4, 0.5) is 0 Å². The first-order chi connectivity index (χ1) is 7.56. The predicted octanol–water partition coefficient (Wildman–Crippen LogP) is 4.19. The van der Waals surface area contributed by atoms with E-state index in [2.05, 4.69) is 38.3 Å². The molecule has 0 nitrogen and oxygen atoms in total. The summed E-state index contributed by atoms with van der Waals surface area (Å²) < 4.78 is 0. The molecule has 0 fully saturated rings. The molecule has 0 aliphatic heterocycles. The molecule has 82 valence electrons. The molecule has 0 aromatic heterocycles. The van der Waals surface area contributed by atoms with Crippen molar-refractivity contribution >= 4 is 0 Å². The molecule has 1 aromatic rings. The average molecular weight is 210 g/mol. The van der Waals surface area contributed by atoms with Crippen LogP contribution >= 0.6 is 0 Å². The summed E-state index contributed by atoms with van der Waals surface area (Å²) in [5.74, 6) is 6.49. The van der Waals surface area contributed by atoms with Crippen LogP contribution in [-0.2, 0) is 0 Å². The van der Waals surface area contributed by atoms with E-state index in [1.807, 2.05) is 43.3 Å². The van der Waals surface area contributed by atoms with E-state index < -0.39 is 0 Å². The van der Waals surface area contributed by atoms with E-state index in [0.717, 1.165) is 5.56 Å². The van der Waals surface area contributed by atoms with Crippen molar-refractivity contribution in [3.63, 3.8) is 0 Å². The maximum atomic E-state index is 3.29. The Kier molecular flexibility index (Phi) is 4.18. The molecule has 0 saturated carbocycles. The lowest BCUT2D eigenvalue weighted by molar-refractivity contribution is 0.608. The Labute approximate surface area is 98.7 Å². The summed E-state index contributed by atoms with van der Waals surface area (Å²) in [5, 5.41) is 0. The molecule has 0 amide bonds. The van der Waals surface area contributed by atoms with Gasteiger partial charge in [-0.2, -0.15) is 0 Å². The second-order valence-corrected chi connectivity index (χ2v) is 4.30. The van der Waals surface area contributed by atoms with Gasteiger partial charge in [-0.15, -0.1) is 5.73 Å². The zero-order chi connectivity index (χ0) is 12.0. The first-order valence-corrected chi connectivity index (χ1v) is 5.53. The van der Waals surface area contributed by atoms with Crippen LogP contribution in [0.3, 0.4) is 0 Å². The zero-order valence-corrected chi connectivity index (χ0v) is 10.5. The molecule has 0 saturated heterocycles. The molecule has 1 rings (SSSR count). The van der Waals surface area contributed by atoms with Crippen LogP contribution < -0.4 is 0 Å². The summed E-state index contributed by atoms with van der Waals surface area (Å²) in [6.07, 6.45) is 1.93. The van der Waals surface area contributed by atoms with Gasteiger partial charge in [0, 0.05) is 5.56 Å². The van der Waals surface area contributed by atoms with Crippen LogP contribution in [0.2, 0.25) is 0 Å². The number of hydrogen-bond donors (Lipinski definition) is 0. The lowest BCUT2D eigenvalue weighted by Gasteiger charge is -2.16. The first kappa shape index (κ1) is 12.4.